The van der Waals surface area contributed by atoms with Crippen LogP contribution < -0.4 is 4.74 Å². The Balaban J connectivity index is 2.50. The first-order valence-electron chi connectivity index (χ1n) is 5.24. The highest BCUT2D eigenvalue weighted by Gasteiger charge is 2.15. The van der Waals surface area contributed by atoms with Crippen molar-refractivity contribution in [2.24, 2.45) is 0 Å². The van der Waals surface area contributed by atoms with Gasteiger partial charge in [-0.15, -0.1) is 0 Å². The van der Waals surface area contributed by atoms with Crippen molar-refractivity contribution in [1.82, 2.24) is 5.16 Å². The summed E-state index contributed by atoms with van der Waals surface area (Å²) in [6.45, 7) is 3.43. The van der Waals surface area contributed by atoms with Crippen molar-refractivity contribution in [1.29, 1.82) is 0 Å². The number of ether oxygens (including phenoxy) is 1. The van der Waals surface area contributed by atoms with Crippen LogP contribution in [-0.4, -0.2) is 18.0 Å². The molecule has 2 aromatic rings. The van der Waals surface area contributed by atoms with Crippen LogP contribution in [0.4, 0.5) is 0 Å². The van der Waals surface area contributed by atoms with E-state index in [1.807, 2.05) is 25.1 Å². The van der Waals surface area contributed by atoms with E-state index in [1.54, 1.807) is 7.11 Å². The molecule has 4 heteroatoms. The quantitative estimate of drug-likeness (QED) is 0.762. The highest BCUT2D eigenvalue weighted by atomic mass is 16.5. The molecule has 0 spiro atoms. The van der Waals surface area contributed by atoms with Crippen molar-refractivity contribution in [2.75, 3.05) is 7.11 Å². The number of aryl methyl sites for hydroxylation is 1. The van der Waals surface area contributed by atoms with Crippen molar-refractivity contribution >= 4 is 5.78 Å². The monoisotopic (exact) mass is 231 g/mol. The van der Waals surface area contributed by atoms with Crippen molar-refractivity contribution < 1.29 is 14.1 Å². The van der Waals surface area contributed by atoms with Gasteiger partial charge in [-0.3, -0.25) is 4.79 Å². The SMILES string of the molecule is COc1ccc(-c2oncc2C(C)=O)cc1C. The molecule has 2 rings (SSSR count). The summed E-state index contributed by atoms with van der Waals surface area (Å²) >= 11 is 0. The average Bonchev–Trinajstić information content (AvgIpc) is 2.77. The molecule has 88 valence electrons. The topological polar surface area (TPSA) is 52.3 Å². The largest absolute Gasteiger partial charge is 0.496 e. The fourth-order valence-electron chi connectivity index (χ4n) is 1.72. The molecule has 0 aliphatic heterocycles. The molecule has 0 saturated carbocycles. The van der Waals surface area contributed by atoms with Gasteiger partial charge in [0.25, 0.3) is 0 Å². The molecule has 4 nitrogen and oxygen atoms in total. The van der Waals surface area contributed by atoms with E-state index in [0.29, 0.717) is 11.3 Å². The molecule has 0 unspecified atom stereocenters. The highest BCUT2D eigenvalue weighted by molar-refractivity contribution is 5.99. The average molecular weight is 231 g/mol. The van der Waals surface area contributed by atoms with E-state index < -0.39 is 0 Å². The lowest BCUT2D eigenvalue weighted by Gasteiger charge is -2.05. The van der Waals surface area contributed by atoms with Crippen LogP contribution in [0.15, 0.2) is 28.9 Å². The molecule has 0 aliphatic carbocycles. The third kappa shape index (κ3) is 2.06. The molecule has 0 fully saturated rings. The van der Waals surface area contributed by atoms with E-state index in [-0.39, 0.29) is 5.78 Å². The first-order valence-corrected chi connectivity index (χ1v) is 5.24. The summed E-state index contributed by atoms with van der Waals surface area (Å²) < 4.78 is 10.3. The zero-order valence-corrected chi connectivity index (χ0v) is 9.98. The molecule has 0 amide bonds. The summed E-state index contributed by atoms with van der Waals surface area (Å²) in [7, 11) is 1.62. The number of rotatable bonds is 3. The van der Waals surface area contributed by atoms with Gasteiger partial charge in [-0.05, 0) is 37.6 Å². The van der Waals surface area contributed by atoms with Crippen LogP contribution in [0.3, 0.4) is 0 Å². The predicted molar refractivity (Wildman–Crippen MR) is 63.2 cm³/mol. The molecular weight excluding hydrogens is 218 g/mol. The van der Waals surface area contributed by atoms with E-state index in [2.05, 4.69) is 5.16 Å². The smallest absolute Gasteiger partial charge is 0.177 e. The van der Waals surface area contributed by atoms with Crippen LogP contribution in [0.5, 0.6) is 5.75 Å². The Kier molecular flexibility index (Phi) is 2.95. The molecule has 0 radical (unpaired) electrons. The summed E-state index contributed by atoms with van der Waals surface area (Å²) in [5.74, 6) is 1.25. The van der Waals surface area contributed by atoms with Crippen LogP contribution in [0.2, 0.25) is 0 Å². The van der Waals surface area contributed by atoms with E-state index in [4.69, 9.17) is 9.26 Å². The van der Waals surface area contributed by atoms with Gasteiger partial charge in [-0.25, -0.2) is 0 Å². The summed E-state index contributed by atoms with van der Waals surface area (Å²) in [6.07, 6.45) is 1.44. The molecule has 1 aromatic carbocycles. The standard InChI is InChI=1S/C13H13NO3/c1-8-6-10(4-5-12(8)16-3)13-11(9(2)15)7-14-17-13/h4-7H,1-3H3. The summed E-state index contributed by atoms with van der Waals surface area (Å²) in [5.41, 5.74) is 2.30. The number of nitrogens with zero attached hydrogens (tertiary/aromatic N) is 1. The Labute approximate surface area is 99.2 Å². The molecule has 0 bridgehead atoms. The molecule has 0 atom stereocenters. The fourth-order valence-corrected chi connectivity index (χ4v) is 1.72. The second kappa shape index (κ2) is 4.41. The number of carbonyl (C=O) groups excluding carboxylic acids is 1. The zero-order valence-electron chi connectivity index (χ0n) is 9.98. The fraction of sp³-hybridized carbons (Fsp3) is 0.231. The van der Waals surface area contributed by atoms with Crippen molar-refractivity contribution in [2.45, 2.75) is 13.8 Å². The van der Waals surface area contributed by atoms with Gasteiger partial charge in [0.05, 0.1) is 18.9 Å². The molecule has 1 aromatic heterocycles. The maximum Gasteiger partial charge on any atom is 0.177 e. The maximum absolute atomic E-state index is 11.4. The Bertz CT molecular complexity index is 558. The lowest BCUT2D eigenvalue weighted by molar-refractivity contribution is 0.101. The van der Waals surface area contributed by atoms with E-state index in [0.717, 1.165) is 16.9 Å². The van der Waals surface area contributed by atoms with Gasteiger partial charge in [-0.2, -0.15) is 0 Å². The van der Waals surface area contributed by atoms with E-state index in [9.17, 15) is 4.79 Å². The molecule has 0 N–H and O–H groups in total. The van der Waals surface area contributed by atoms with E-state index >= 15 is 0 Å². The number of carbonyl (C=O) groups is 1. The van der Waals surface area contributed by atoms with Gasteiger partial charge < -0.3 is 9.26 Å². The van der Waals surface area contributed by atoms with Crippen LogP contribution in [0, 0.1) is 6.92 Å². The predicted octanol–water partition coefficient (Wildman–Crippen LogP) is 2.86. The van der Waals surface area contributed by atoms with Crippen molar-refractivity contribution in [3.05, 3.63) is 35.5 Å². The van der Waals surface area contributed by atoms with Gasteiger partial charge in [-0.1, -0.05) is 5.16 Å². The summed E-state index contributed by atoms with van der Waals surface area (Å²) in [6, 6.07) is 5.60. The minimum atomic E-state index is -0.0604. The minimum absolute atomic E-state index is 0.0604. The minimum Gasteiger partial charge on any atom is -0.496 e. The second-order valence-electron chi connectivity index (χ2n) is 3.81. The Morgan fingerprint density at radius 2 is 2.18 bits per heavy atom. The van der Waals surface area contributed by atoms with Crippen LogP contribution in [0.25, 0.3) is 11.3 Å². The van der Waals surface area contributed by atoms with Crippen LogP contribution >= 0.6 is 0 Å². The van der Waals surface area contributed by atoms with Crippen molar-refractivity contribution in [3.8, 4) is 17.1 Å². The first-order chi connectivity index (χ1) is 8.13. The third-order valence-corrected chi connectivity index (χ3v) is 2.61. The number of Topliss-reactive ketones (excluding diaryl/α,β-unsaturated/α-hetero) is 1. The van der Waals surface area contributed by atoms with Gasteiger partial charge in [0.1, 0.15) is 5.75 Å². The normalized spacial score (nSPS) is 10.3. The number of benzene rings is 1. The van der Waals surface area contributed by atoms with Gasteiger partial charge in [0.2, 0.25) is 0 Å². The highest BCUT2D eigenvalue weighted by Crippen LogP contribution is 2.28. The van der Waals surface area contributed by atoms with Gasteiger partial charge >= 0.3 is 0 Å². The molecular formula is C13H13NO3. The number of hydrogen-bond acceptors (Lipinski definition) is 4. The first kappa shape index (κ1) is 11.4. The zero-order chi connectivity index (χ0) is 12.4. The van der Waals surface area contributed by atoms with Crippen LogP contribution in [0.1, 0.15) is 22.8 Å². The Morgan fingerprint density at radius 3 is 2.76 bits per heavy atom. The Morgan fingerprint density at radius 1 is 1.41 bits per heavy atom. The number of methoxy groups -OCH3 is 1. The third-order valence-electron chi connectivity index (χ3n) is 2.61. The lowest BCUT2D eigenvalue weighted by Crippen LogP contribution is -1.93. The van der Waals surface area contributed by atoms with Crippen LogP contribution in [-0.2, 0) is 0 Å². The van der Waals surface area contributed by atoms with E-state index in [1.165, 1.54) is 13.1 Å². The van der Waals surface area contributed by atoms with Crippen molar-refractivity contribution in [3.63, 3.8) is 0 Å². The summed E-state index contributed by atoms with van der Waals surface area (Å²) in [5, 5.41) is 3.66. The summed E-state index contributed by atoms with van der Waals surface area (Å²) in [4.78, 5) is 11.4. The second-order valence-corrected chi connectivity index (χ2v) is 3.81. The number of aromatic nitrogens is 1. The number of hydrogen-bond donors (Lipinski definition) is 0. The number of ketones is 1. The van der Waals surface area contributed by atoms with Gasteiger partial charge in [0.15, 0.2) is 11.5 Å². The molecule has 1 heterocycles. The lowest BCUT2D eigenvalue weighted by atomic mass is 10.0. The maximum atomic E-state index is 11.4. The molecule has 17 heavy (non-hydrogen) atoms. The van der Waals surface area contributed by atoms with Gasteiger partial charge in [0, 0.05) is 5.56 Å². The molecule has 0 aliphatic rings. The molecule has 0 saturated heterocycles. The Hall–Kier alpha value is -2.10.